The average Bonchev–Trinajstić information content (AvgIpc) is 2.37. The number of hydrogen-bond acceptors (Lipinski definition) is 4. The van der Waals surface area contributed by atoms with Gasteiger partial charge in [0.15, 0.2) is 5.56 Å². The third kappa shape index (κ3) is 1.33. The maximum absolute atomic E-state index is 11.5. The summed E-state index contributed by atoms with van der Waals surface area (Å²) < 4.78 is 0. The van der Waals surface area contributed by atoms with Gasteiger partial charge in [0.2, 0.25) is 0 Å². The molecule has 5 nitrogen and oxygen atoms in total. The first-order chi connectivity index (χ1) is 8.70. The van der Waals surface area contributed by atoms with Crippen molar-refractivity contribution in [3.05, 3.63) is 46.2 Å². The lowest BCUT2D eigenvalue weighted by Crippen LogP contribution is -2.10. The molecule has 0 bridgehead atoms. The van der Waals surface area contributed by atoms with Crippen LogP contribution in [0.1, 0.15) is 5.56 Å². The molecule has 0 saturated carbocycles. The molecule has 0 saturated heterocycles. The molecule has 0 amide bonds. The molecule has 1 aromatic carbocycles. The Kier molecular flexibility index (Phi) is 2.04. The summed E-state index contributed by atoms with van der Waals surface area (Å²) in [6.07, 6.45) is 0. The van der Waals surface area contributed by atoms with E-state index < -0.39 is 5.56 Å². The fraction of sp³-hybridized carbons (Fsp3) is 0. The summed E-state index contributed by atoms with van der Waals surface area (Å²) in [5.74, 6) is -0.325. The summed E-state index contributed by atoms with van der Waals surface area (Å²) in [7, 11) is 0. The molecule has 0 aliphatic heterocycles. The Labute approximate surface area is 101 Å². The molecule has 0 atom stereocenters. The van der Waals surface area contributed by atoms with E-state index in [2.05, 4.69) is 9.97 Å². The number of para-hydroxylation sites is 1. The molecule has 0 radical (unpaired) electrons. The number of hydrogen-bond donors (Lipinski definition) is 2. The van der Waals surface area contributed by atoms with Crippen molar-refractivity contribution < 1.29 is 5.11 Å². The smallest absolute Gasteiger partial charge is 0.271 e. The van der Waals surface area contributed by atoms with Crippen molar-refractivity contribution in [2.24, 2.45) is 0 Å². The topological polar surface area (TPSA) is 89.8 Å². The van der Waals surface area contributed by atoms with Crippen LogP contribution in [0, 0.1) is 11.3 Å². The summed E-state index contributed by atoms with van der Waals surface area (Å²) in [6.45, 7) is 0. The standard InChI is InChI=1S/C13H7N3O2/c14-6-9-11(17)8-5-7-3-1-2-4-10(7)15-12(8)16-13(9)18/h1-5H,(H2,15,16,17,18). The molecule has 3 aromatic rings. The number of pyridine rings is 2. The van der Waals surface area contributed by atoms with Crippen molar-refractivity contribution in [1.29, 1.82) is 5.26 Å². The van der Waals surface area contributed by atoms with Gasteiger partial charge >= 0.3 is 0 Å². The lowest BCUT2D eigenvalue weighted by molar-refractivity contribution is 0.478. The lowest BCUT2D eigenvalue weighted by Gasteiger charge is -2.04. The molecule has 0 unspecified atom stereocenters. The molecule has 18 heavy (non-hydrogen) atoms. The summed E-state index contributed by atoms with van der Waals surface area (Å²) in [6, 6.07) is 10.7. The summed E-state index contributed by atoms with van der Waals surface area (Å²) in [4.78, 5) is 18.3. The molecule has 3 rings (SSSR count). The Morgan fingerprint density at radius 1 is 1.33 bits per heavy atom. The number of H-pyrrole nitrogens is 1. The SMILES string of the molecule is N#Cc1c(O)c2cc3ccccc3nc2[nH]c1=O. The zero-order valence-electron chi connectivity index (χ0n) is 9.14. The van der Waals surface area contributed by atoms with Gasteiger partial charge in [-0.05, 0) is 12.1 Å². The number of nitrogens with zero attached hydrogens (tertiary/aromatic N) is 2. The van der Waals surface area contributed by atoms with Crippen LogP contribution >= 0.6 is 0 Å². The molecule has 0 aliphatic carbocycles. The van der Waals surface area contributed by atoms with Gasteiger partial charge in [0, 0.05) is 5.39 Å². The highest BCUT2D eigenvalue weighted by molar-refractivity contribution is 5.94. The van der Waals surface area contributed by atoms with Crippen LogP contribution in [-0.4, -0.2) is 15.1 Å². The number of aromatic hydroxyl groups is 1. The number of nitriles is 1. The third-order valence-electron chi connectivity index (χ3n) is 2.79. The maximum Gasteiger partial charge on any atom is 0.271 e. The Bertz CT molecular complexity index is 875. The second kappa shape index (κ2) is 3.57. The normalized spacial score (nSPS) is 10.6. The predicted molar refractivity (Wildman–Crippen MR) is 66.2 cm³/mol. The number of benzene rings is 1. The van der Waals surface area contributed by atoms with Crippen LogP contribution in [0.2, 0.25) is 0 Å². The van der Waals surface area contributed by atoms with Gasteiger partial charge in [-0.2, -0.15) is 5.26 Å². The van der Waals surface area contributed by atoms with Crippen LogP contribution in [0.4, 0.5) is 0 Å². The van der Waals surface area contributed by atoms with Gasteiger partial charge in [0.1, 0.15) is 17.5 Å². The Hall–Kier alpha value is -2.87. The highest BCUT2D eigenvalue weighted by Crippen LogP contribution is 2.26. The minimum Gasteiger partial charge on any atom is -0.506 e. The van der Waals surface area contributed by atoms with E-state index in [1.54, 1.807) is 12.1 Å². The first kappa shape index (κ1) is 10.3. The third-order valence-corrected chi connectivity index (χ3v) is 2.79. The van der Waals surface area contributed by atoms with Crippen LogP contribution in [0.15, 0.2) is 35.1 Å². The van der Waals surface area contributed by atoms with Gasteiger partial charge in [-0.3, -0.25) is 4.79 Å². The van der Waals surface area contributed by atoms with Gasteiger partial charge in [-0.1, -0.05) is 18.2 Å². The minimum absolute atomic E-state index is 0.273. The molecular weight excluding hydrogens is 230 g/mol. The van der Waals surface area contributed by atoms with Crippen LogP contribution in [0.5, 0.6) is 5.75 Å². The fourth-order valence-corrected chi connectivity index (χ4v) is 1.91. The zero-order chi connectivity index (χ0) is 12.7. The highest BCUT2D eigenvalue weighted by Gasteiger charge is 2.12. The van der Waals surface area contributed by atoms with E-state index in [9.17, 15) is 9.90 Å². The molecule has 2 N–H and O–H groups in total. The largest absolute Gasteiger partial charge is 0.506 e. The van der Waals surface area contributed by atoms with Crippen LogP contribution < -0.4 is 5.56 Å². The van der Waals surface area contributed by atoms with E-state index in [1.807, 2.05) is 24.3 Å². The molecule has 0 aliphatic rings. The molecule has 0 spiro atoms. The summed E-state index contributed by atoms with van der Waals surface area (Å²) in [5, 5.41) is 19.9. The van der Waals surface area contributed by atoms with E-state index in [0.29, 0.717) is 10.9 Å². The second-order valence-corrected chi connectivity index (χ2v) is 3.87. The number of aromatic amines is 1. The predicted octanol–water partition coefficient (Wildman–Crippen LogP) is 1.65. The van der Waals surface area contributed by atoms with Crippen molar-refractivity contribution in [2.45, 2.75) is 0 Å². The average molecular weight is 237 g/mol. The number of fused-ring (bicyclic) bond motifs is 2. The summed E-state index contributed by atoms with van der Waals surface area (Å²) >= 11 is 0. The molecule has 5 heteroatoms. The van der Waals surface area contributed by atoms with Crippen molar-refractivity contribution in [3.63, 3.8) is 0 Å². The monoisotopic (exact) mass is 237 g/mol. The van der Waals surface area contributed by atoms with Gasteiger partial charge in [0.05, 0.1) is 10.9 Å². The molecule has 2 aromatic heterocycles. The van der Waals surface area contributed by atoms with Gasteiger partial charge in [0.25, 0.3) is 5.56 Å². The van der Waals surface area contributed by atoms with E-state index in [-0.39, 0.29) is 17.0 Å². The Balaban J connectivity index is 2.56. The van der Waals surface area contributed by atoms with Gasteiger partial charge < -0.3 is 10.1 Å². The first-order valence-electron chi connectivity index (χ1n) is 5.25. The van der Waals surface area contributed by atoms with Crippen molar-refractivity contribution in [3.8, 4) is 11.8 Å². The molecule has 2 heterocycles. The van der Waals surface area contributed by atoms with Crippen molar-refractivity contribution in [1.82, 2.24) is 9.97 Å². The van der Waals surface area contributed by atoms with Crippen LogP contribution in [-0.2, 0) is 0 Å². The van der Waals surface area contributed by atoms with E-state index in [1.165, 1.54) is 0 Å². The van der Waals surface area contributed by atoms with E-state index in [4.69, 9.17) is 5.26 Å². The van der Waals surface area contributed by atoms with Crippen LogP contribution in [0.3, 0.4) is 0 Å². The van der Waals surface area contributed by atoms with Crippen molar-refractivity contribution in [2.75, 3.05) is 0 Å². The first-order valence-corrected chi connectivity index (χ1v) is 5.25. The zero-order valence-corrected chi connectivity index (χ0v) is 9.14. The maximum atomic E-state index is 11.5. The number of rotatable bonds is 0. The molecule has 0 fully saturated rings. The van der Waals surface area contributed by atoms with E-state index >= 15 is 0 Å². The van der Waals surface area contributed by atoms with Crippen molar-refractivity contribution >= 4 is 21.9 Å². The highest BCUT2D eigenvalue weighted by atomic mass is 16.3. The second-order valence-electron chi connectivity index (χ2n) is 3.87. The van der Waals surface area contributed by atoms with Gasteiger partial charge in [-0.15, -0.1) is 0 Å². The fourth-order valence-electron chi connectivity index (χ4n) is 1.91. The Morgan fingerprint density at radius 2 is 2.11 bits per heavy atom. The van der Waals surface area contributed by atoms with Crippen LogP contribution in [0.25, 0.3) is 21.9 Å². The molecular formula is C13H7N3O2. The number of nitrogens with one attached hydrogen (secondary N) is 1. The lowest BCUT2D eigenvalue weighted by atomic mass is 10.1. The quantitative estimate of drug-likeness (QED) is 0.582. The molecule has 86 valence electrons. The minimum atomic E-state index is -0.634. The Morgan fingerprint density at radius 3 is 2.89 bits per heavy atom. The summed E-state index contributed by atoms with van der Waals surface area (Å²) in [5.41, 5.74) is 0.0600. The number of aromatic nitrogens is 2. The van der Waals surface area contributed by atoms with E-state index in [0.717, 1.165) is 5.39 Å². The van der Waals surface area contributed by atoms with Gasteiger partial charge in [-0.25, -0.2) is 4.98 Å².